The van der Waals surface area contributed by atoms with Crippen LogP contribution in [-0.2, 0) is 0 Å². The van der Waals surface area contributed by atoms with E-state index in [0.29, 0.717) is 16.4 Å². The zero-order valence-electron chi connectivity index (χ0n) is 23.8. The lowest BCUT2D eigenvalue weighted by atomic mass is 9.84. The molecule has 7 aromatic carbocycles. The third-order valence-electron chi connectivity index (χ3n) is 7.40. The lowest BCUT2D eigenvalue weighted by Crippen LogP contribution is -1.91. The summed E-state index contributed by atoms with van der Waals surface area (Å²) in [6.07, 6.45) is 0. The van der Waals surface area contributed by atoms with Gasteiger partial charge in [-0.3, -0.25) is 0 Å². The fourth-order valence-electron chi connectivity index (χ4n) is 5.86. The van der Waals surface area contributed by atoms with E-state index in [1.54, 1.807) is 0 Å². The summed E-state index contributed by atoms with van der Waals surface area (Å²) in [5, 5.41) is 7.85. The standard InChI is InChI=1S/C36H22O/c1-2-13-24-23(11-1)12-9-19-26(24)34-27-15-3-5-17-29(27)35(30-18-6-4-16-28(30)34)32-21-10-20-31-25-14-7-8-22-33(25)37-36(31)32/h1-22H/i7D,8D,14D,22D. The van der Waals surface area contributed by atoms with Crippen molar-refractivity contribution in [3.8, 4) is 22.3 Å². The van der Waals surface area contributed by atoms with Crippen LogP contribution < -0.4 is 0 Å². The highest BCUT2D eigenvalue weighted by molar-refractivity contribution is 6.25. The number of fused-ring (bicyclic) bond motifs is 6. The lowest BCUT2D eigenvalue weighted by molar-refractivity contribution is 0.670. The zero-order chi connectivity index (χ0) is 27.8. The number of rotatable bonds is 2. The largest absolute Gasteiger partial charge is 0.455 e. The molecule has 1 aromatic heterocycles. The summed E-state index contributed by atoms with van der Waals surface area (Å²) in [5.41, 5.74) is 4.95. The van der Waals surface area contributed by atoms with E-state index < -0.39 is 0 Å². The second-order valence-corrected chi connectivity index (χ2v) is 9.36. The SMILES string of the molecule is [2H]c1c([2H])c([2H])c2c(oc3c(-c4c5ccccc5c(-c5cccc6ccccc56)c5ccccc45)cccc32)c1[2H]. The van der Waals surface area contributed by atoms with Crippen molar-refractivity contribution in [1.82, 2.24) is 0 Å². The molecular formula is C36H22O. The maximum absolute atomic E-state index is 8.60. The lowest BCUT2D eigenvalue weighted by Gasteiger charge is -2.18. The Morgan fingerprint density at radius 1 is 0.432 bits per heavy atom. The van der Waals surface area contributed by atoms with Crippen molar-refractivity contribution in [3.05, 3.63) is 133 Å². The van der Waals surface area contributed by atoms with E-state index in [2.05, 4.69) is 91.0 Å². The topological polar surface area (TPSA) is 13.1 Å². The van der Waals surface area contributed by atoms with Gasteiger partial charge in [-0.25, -0.2) is 0 Å². The minimum Gasteiger partial charge on any atom is -0.455 e. The Labute approximate surface area is 219 Å². The Morgan fingerprint density at radius 3 is 1.68 bits per heavy atom. The molecule has 0 bridgehead atoms. The second kappa shape index (κ2) is 7.81. The molecule has 0 spiro atoms. The fraction of sp³-hybridized carbons (Fsp3) is 0. The molecule has 0 aliphatic heterocycles. The molecule has 0 aliphatic carbocycles. The van der Waals surface area contributed by atoms with Crippen molar-refractivity contribution < 1.29 is 9.90 Å². The predicted molar refractivity (Wildman–Crippen MR) is 157 cm³/mol. The van der Waals surface area contributed by atoms with Gasteiger partial charge in [0.2, 0.25) is 0 Å². The normalized spacial score (nSPS) is 13.3. The van der Waals surface area contributed by atoms with Gasteiger partial charge < -0.3 is 4.42 Å². The van der Waals surface area contributed by atoms with Crippen molar-refractivity contribution in [2.75, 3.05) is 0 Å². The molecule has 0 saturated carbocycles. The smallest absolute Gasteiger partial charge is 0.143 e. The van der Waals surface area contributed by atoms with Crippen LogP contribution in [0.5, 0.6) is 0 Å². The van der Waals surface area contributed by atoms with Gasteiger partial charge in [-0.1, -0.05) is 127 Å². The summed E-state index contributed by atoms with van der Waals surface area (Å²) in [6, 6.07) is 36.8. The van der Waals surface area contributed by atoms with Gasteiger partial charge in [-0.05, 0) is 49.5 Å². The van der Waals surface area contributed by atoms with Gasteiger partial charge in [0.1, 0.15) is 11.2 Å². The summed E-state index contributed by atoms with van der Waals surface area (Å²) in [6.45, 7) is 0. The van der Waals surface area contributed by atoms with Gasteiger partial charge in [-0.15, -0.1) is 0 Å². The van der Waals surface area contributed by atoms with Crippen LogP contribution in [0.4, 0.5) is 0 Å². The van der Waals surface area contributed by atoms with Crippen LogP contribution in [0.25, 0.3) is 76.5 Å². The first-order valence-electron chi connectivity index (χ1n) is 14.4. The Hall–Kier alpha value is -4.88. The Kier molecular flexibility index (Phi) is 3.53. The fourth-order valence-corrected chi connectivity index (χ4v) is 5.86. The highest BCUT2D eigenvalue weighted by Crippen LogP contribution is 2.47. The van der Waals surface area contributed by atoms with Gasteiger partial charge in [-0.2, -0.15) is 0 Å². The van der Waals surface area contributed by atoms with E-state index in [4.69, 9.17) is 9.90 Å². The first-order valence-corrected chi connectivity index (χ1v) is 12.4. The average molecular weight is 475 g/mol. The molecule has 1 heteroatoms. The van der Waals surface area contributed by atoms with Gasteiger partial charge in [0.05, 0.1) is 5.48 Å². The third-order valence-corrected chi connectivity index (χ3v) is 7.40. The van der Waals surface area contributed by atoms with Gasteiger partial charge in [0.15, 0.2) is 0 Å². The molecule has 172 valence electrons. The maximum atomic E-state index is 8.60. The van der Waals surface area contributed by atoms with Crippen molar-refractivity contribution in [2.24, 2.45) is 0 Å². The summed E-state index contributed by atoms with van der Waals surface area (Å²) >= 11 is 0. The molecule has 0 radical (unpaired) electrons. The Morgan fingerprint density at radius 2 is 0.946 bits per heavy atom. The summed E-state index contributed by atoms with van der Waals surface area (Å²) < 4.78 is 39.9. The first kappa shape index (κ1) is 16.7. The monoisotopic (exact) mass is 474 g/mol. The molecule has 0 unspecified atom stereocenters. The van der Waals surface area contributed by atoms with Gasteiger partial charge in [0, 0.05) is 21.9 Å². The minimum atomic E-state index is -0.293. The Balaban J connectivity index is 1.56. The number of benzene rings is 7. The number of para-hydroxylation sites is 2. The second-order valence-electron chi connectivity index (χ2n) is 9.36. The van der Waals surface area contributed by atoms with E-state index in [-0.39, 0.29) is 29.8 Å². The van der Waals surface area contributed by atoms with Gasteiger partial charge in [0.25, 0.3) is 0 Å². The zero-order valence-corrected chi connectivity index (χ0v) is 19.8. The predicted octanol–water partition coefficient (Wildman–Crippen LogP) is 10.4. The highest BCUT2D eigenvalue weighted by Gasteiger charge is 2.20. The van der Waals surface area contributed by atoms with Crippen LogP contribution in [0.3, 0.4) is 0 Å². The van der Waals surface area contributed by atoms with Crippen LogP contribution in [0, 0.1) is 0 Å². The molecule has 0 saturated heterocycles. The van der Waals surface area contributed by atoms with Crippen molar-refractivity contribution in [2.45, 2.75) is 0 Å². The molecule has 0 amide bonds. The van der Waals surface area contributed by atoms with E-state index in [1.165, 1.54) is 21.9 Å². The molecule has 8 rings (SSSR count). The summed E-state index contributed by atoms with van der Waals surface area (Å²) in [7, 11) is 0. The van der Waals surface area contributed by atoms with Crippen LogP contribution in [0.1, 0.15) is 5.48 Å². The summed E-state index contributed by atoms with van der Waals surface area (Å²) in [4.78, 5) is 0. The quantitative estimate of drug-likeness (QED) is 0.227. The number of hydrogen-bond donors (Lipinski definition) is 0. The van der Waals surface area contributed by atoms with Crippen molar-refractivity contribution in [3.63, 3.8) is 0 Å². The molecule has 8 aromatic rings. The van der Waals surface area contributed by atoms with Crippen LogP contribution in [0.2, 0.25) is 0 Å². The van der Waals surface area contributed by atoms with Crippen LogP contribution >= 0.6 is 0 Å². The van der Waals surface area contributed by atoms with Crippen molar-refractivity contribution >= 4 is 54.3 Å². The van der Waals surface area contributed by atoms with Gasteiger partial charge >= 0.3 is 0 Å². The minimum absolute atomic E-state index is 0.0853. The summed E-state index contributed by atoms with van der Waals surface area (Å²) in [5.74, 6) is 0. The third kappa shape index (κ3) is 2.92. The molecule has 1 nitrogen and oxygen atoms in total. The van der Waals surface area contributed by atoms with Crippen LogP contribution in [-0.4, -0.2) is 0 Å². The molecule has 0 atom stereocenters. The molecule has 0 N–H and O–H groups in total. The molecular weight excluding hydrogens is 448 g/mol. The molecule has 37 heavy (non-hydrogen) atoms. The Bertz CT molecular complexity index is 2310. The van der Waals surface area contributed by atoms with Crippen LogP contribution in [0.15, 0.2) is 138 Å². The van der Waals surface area contributed by atoms with E-state index >= 15 is 0 Å². The van der Waals surface area contributed by atoms with E-state index in [1.807, 2.05) is 18.2 Å². The average Bonchev–Trinajstić information content (AvgIpc) is 3.42. The molecule has 1 heterocycles. The molecule has 0 fully saturated rings. The number of hydrogen-bond acceptors (Lipinski definition) is 1. The maximum Gasteiger partial charge on any atom is 0.143 e. The highest BCUT2D eigenvalue weighted by atomic mass is 16.3. The van der Waals surface area contributed by atoms with E-state index in [9.17, 15) is 0 Å². The molecule has 0 aliphatic rings. The number of furan rings is 1. The van der Waals surface area contributed by atoms with E-state index in [0.717, 1.165) is 32.7 Å². The van der Waals surface area contributed by atoms with Crippen molar-refractivity contribution in [1.29, 1.82) is 0 Å². The first-order chi connectivity index (χ1) is 20.0.